The van der Waals surface area contributed by atoms with Crippen molar-refractivity contribution in [3.63, 3.8) is 0 Å². The van der Waals surface area contributed by atoms with E-state index in [1.807, 2.05) is 0 Å². The molecule has 9 nitrogen and oxygen atoms in total. The first kappa shape index (κ1) is 18.9. The molecule has 0 radical (unpaired) electrons. The number of carboxylic acid groups (broad SMARTS) is 1. The fourth-order valence-electron chi connectivity index (χ4n) is 2.71. The number of carbonyl (C=O) groups is 2. The van der Waals surface area contributed by atoms with Crippen molar-refractivity contribution in [2.75, 3.05) is 6.79 Å². The lowest BCUT2D eigenvalue weighted by Crippen LogP contribution is -2.23. The minimum absolute atomic E-state index is 0.0401. The number of hydrogen-bond acceptors (Lipinski definition) is 7. The van der Waals surface area contributed by atoms with E-state index in [4.69, 9.17) is 30.9 Å². The van der Waals surface area contributed by atoms with Crippen LogP contribution in [0, 0.1) is 5.41 Å². The molecule has 1 aliphatic rings. The van der Waals surface area contributed by atoms with Crippen molar-refractivity contribution in [2.24, 2.45) is 5.73 Å². The van der Waals surface area contributed by atoms with Crippen molar-refractivity contribution in [2.45, 2.75) is 6.42 Å². The smallest absolute Gasteiger partial charge is 0.335 e. The molecule has 0 unspecified atom stereocenters. The van der Waals surface area contributed by atoms with Crippen LogP contribution in [-0.2, 0) is 4.79 Å². The van der Waals surface area contributed by atoms with E-state index >= 15 is 0 Å². The normalized spacial score (nSPS) is 12.9. The third kappa shape index (κ3) is 3.79. The van der Waals surface area contributed by atoms with Crippen LogP contribution in [-0.4, -0.2) is 34.7 Å². The lowest BCUT2D eigenvalue weighted by molar-refractivity contribution is -0.128. The first-order chi connectivity index (χ1) is 13.4. The molecule has 0 saturated heterocycles. The lowest BCUT2D eigenvalue weighted by atomic mass is 9.94. The zero-order valence-electron chi connectivity index (χ0n) is 14.6. The summed E-state index contributed by atoms with van der Waals surface area (Å²) in [5, 5.41) is 26.4. The number of benzene rings is 2. The van der Waals surface area contributed by atoms with Gasteiger partial charge in [-0.25, -0.2) is 10.3 Å². The number of fused-ring (bicyclic) bond motifs is 1. The minimum atomic E-state index is -1.08. The zero-order chi connectivity index (χ0) is 20.3. The van der Waals surface area contributed by atoms with Crippen LogP contribution in [0.1, 0.15) is 27.9 Å². The predicted molar refractivity (Wildman–Crippen MR) is 98.4 cm³/mol. The second-order valence-corrected chi connectivity index (χ2v) is 5.93. The average Bonchev–Trinajstić information content (AvgIpc) is 3.18. The fraction of sp³-hybridized carbons (Fsp3) is 0.105. The van der Waals surface area contributed by atoms with Crippen molar-refractivity contribution in [1.82, 2.24) is 5.48 Å². The maximum atomic E-state index is 11.8. The molecule has 2 aromatic carbocycles. The second-order valence-electron chi connectivity index (χ2n) is 5.93. The summed E-state index contributed by atoms with van der Waals surface area (Å²) in [5.41, 5.74) is 8.92. The van der Waals surface area contributed by atoms with Gasteiger partial charge in [0, 0.05) is 16.8 Å². The SMILES string of the molecule is N=C(/C(CC(=O)NO)=C(\N)c1ccc(C(=O)O)cc1)c1ccc2c(c1)OCO2. The lowest BCUT2D eigenvalue weighted by Gasteiger charge is -2.14. The summed E-state index contributed by atoms with van der Waals surface area (Å²) in [5.74, 6) is -0.808. The molecule has 144 valence electrons. The van der Waals surface area contributed by atoms with E-state index in [0.29, 0.717) is 22.6 Å². The molecule has 0 fully saturated rings. The summed E-state index contributed by atoms with van der Waals surface area (Å²) in [6, 6.07) is 10.6. The molecule has 3 rings (SSSR count). The summed E-state index contributed by atoms with van der Waals surface area (Å²) < 4.78 is 10.6. The number of nitrogens with two attached hydrogens (primary N) is 1. The Balaban J connectivity index is 2.02. The highest BCUT2D eigenvalue weighted by atomic mass is 16.7. The van der Waals surface area contributed by atoms with E-state index in [2.05, 4.69) is 0 Å². The number of hydroxylamine groups is 1. The molecule has 0 aromatic heterocycles. The number of amides is 1. The molecule has 0 bridgehead atoms. The fourth-order valence-corrected chi connectivity index (χ4v) is 2.71. The highest BCUT2D eigenvalue weighted by Crippen LogP contribution is 2.33. The van der Waals surface area contributed by atoms with Crippen molar-refractivity contribution in [1.29, 1.82) is 5.41 Å². The van der Waals surface area contributed by atoms with Crippen LogP contribution in [0.15, 0.2) is 48.0 Å². The van der Waals surface area contributed by atoms with E-state index in [1.165, 1.54) is 29.7 Å². The van der Waals surface area contributed by atoms with Crippen molar-refractivity contribution >= 4 is 23.3 Å². The first-order valence-electron chi connectivity index (χ1n) is 8.15. The van der Waals surface area contributed by atoms with Gasteiger partial charge in [-0.05, 0) is 35.9 Å². The van der Waals surface area contributed by atoms with Gasteiger partial charge < -0.3 is 20.3 Å². The Morgan fingerprint density at radius 1 is 1.04 bits per heavy atom. The van der Waals surface area contributed by atoms with Gasteiger partial charge in [0.05, 0.1) is 17.7 Å². The van der Waals surface area contributed by atoms with Gasteiger partial charge in [0.1, 0.15) is 0 Å². The van der Waals surface area contributed by atoms with Crippen molar-refractivity contribution in [3.05, 3.63) is 64.7 Å². The molecule has 1 amide bonds. The molecule has 1 aliphatic heterocycles. The van der Waals surface area contributed by atoms with E-state index < -0.39 is 11.9 Å². The van der Waals surface area contributed by atoms with Gasteiger partial charge in [-0.3, -0.25) is 15.4 Å². The third-order valence-corrected chi connectivity index (χ3v) is 4.19. The quantitative estimate of drug-likeness (QED) is 0.289. The maximum Gasteiger partial charge on any atom is 0.335 e. The van der Waals surface area contributed by atoms with Crippen LogP contribution in [0.5, 0.6) is 11.5 Å². The molecule has 0 saturated carbocycles. The molecular weight excluding hydrogens is 366 g/mol. The van der Waals surface area contributed by atoms with Gasteiger partial charge >= 0.3 is 5.97 Å². The number of ether oxygens (including phenoxy) is 2. The Bertz CT molecular complexity index is 982. The van der Waals surface area contributed by atoms with E-state index in [9.17, 15) is 9.59 Å². The zero-order valence-corrected chi connectivity index (χ0v) is 14.6. The van der Waals surface area contributed by atoms with Gasteiger partial charge in [0.15, 0.2) is 11.5 Å². The Morgan fingerprint density at radius 2 is 1.64 bits per heavy atom. The van der Waals surface area contributed by atoms with Gasteiger partial charge in [-0.15, -0.1) is 0 Å². The molecule has 28 heavy (non-hydrogen) atoms. The Morgan fingerprint density at radius 3 is 2.29 bits per heavy atom. The number of nitrogens with one attached hydrogen (secondary N) is 2. The van der Waals surface area contributed by atoms with Crippen LogP contribution in [0.3, 0.4) is 0 Å². The highest BCUT2D eigenvalue weighted by Gasteiger charge is 2.20. The van der Waals surface area contributed by atoms with Crippen LogP contribution >= 0.6 is 0 Å². The van der Waals surface area contributed by atoms with Gasteiger partial charge in [-0.2, -0.15) is 0 Å². The number of carbonyl (C=O) groups excluding carboxylic acids is 1. The number of aromatic carboxylic acids is 1. The molecule has 0 aliphatic carbocycles. The number of carboxylic acids is 1. The van der Waals surface area contributed by atoms with Crippen LogP contribution in [0.25, 0.3) is 5.70 Å². The summed E-state index contributed by atoms with van der Waals surface area (Å²) >= 11 is 0. The predicted octanol–water partition coefficient (Wildman–Crippen LogP) is 1.75. The Labute approximate surface area is 159 Å². The average molecular weight is 383 g/mol. The summed E-state index contributed by atoms with van der Waals surface area (Å²) in [6.07, 6.45) is -0.351. The summed E-state index contributed by atoms with van der Waals surface area (Å²) in [6.45, 7) is 0.0831. The maximum absolute atomic E-state index is 11.8. The third-order valence-electron chi connectivity index (χ3n) is 4.19. The molecule has 9 heteroatoms. The first-order valence-corrected chi connectivity index (χ1v) is 8.15. The largest absolute Gasteiger partial charge is 0.478 e. The molecular formula is C19H17N3O6. The molecule has 0 spiro atoms. The molecule has 0 atom stereocenters. The molecule has 2 aromatic rings. The van der Waals surface area contributed by atoms with Crippen LogP contribution in [0.4, 0.5) is 0 Å². The standard InChI is InChI=1S/C19H17N3O6/c20-17(10-1-3-11(4-2-10)19(24)25)13(8-16(23)22-26)18(21)12-5-6-14-15(7-12)28-9-27-14/h1-7,21,26H,8-9,20H2,(H,22,23)(H,24,25)/b17-13-,21-18?. The van der Waals surface area contributed by atoms with Crippen molar-refractivity contribution < 1.29 is 29.4 Å². The van der Waals surface area contributed by atoms with E-state index in [0.717, 1.165) is 0 Å². The van der Waals surface area contributed by atoms with E-state index in [-0.39, 0.29) is 35.8 Å². The van der Waals surface area contributed by atoms with Crippen molar-refractivity contribution in [3.8, 4) is 11.5 Å². The summed E-state index contributed by atoms with van der Waals surface area (Å²) in [4.78, 5) is 22.8. The second kappa shape index (κ2) is 7.80. The van der Waals surface area contributed by atoms with Crippen LogP contribution < -0.4 is 20.7 Å². The van der Waals surface area contributed by atoms with Gasteiger partial charge in [0.25, 0.3) is 0 Å². The topological polar surface area (TPSA) is 155 Å². The van der Waals surface area contributed by atoms with Crippen LogP contribution in [0.2, 0.25) is 0 Å². The van der Waals surface area contributed by atoms with Gasteiger partial charge in [0.2, 0.25) is 12.7 Å². The Kier molecular flexibility index (Phi) is 5.28. The summed E-state index contributed by atoms with van der Waals surface area (Å²) in [7, 11) is 0. The minimum Gasteiger partial charge on any atom is -0.478 e. The number of hydrogen-bond donors (Lipinski definition) is 5. The van der Waals surface area contributed by atoms with E-state index in [1.54, 1.807) is 18.2 Å². The number of rotatable bonds is 6. The van der Waals surface area contributed by atoms with Gasteiger partial charge in [-0.1, -0.05) is 12.1 Å². The monoisotopic (exact) mass is 383 g/mol. The molecule has 1 heterocycles. The Hall–Kier alpha value is -3.85. The highest BCUT2D eigenvalue weighted by molar-refractivity contribution is 6.16. The molecule has 6 N–H and O–H groups in total.